The van der Waals surface area contributed by atoms with Crippen molar-refractivity contribution < 1.29 is 14.3 Å². The minimum absolute atomic E-state index is 0.271. The highest BCUT2D eigenvalue weighted by atomic mass is 16.5. The molecule has 38 heavy (non-hydrogen) atoms. The van der Waals surface area contributed by atoms with Crippen molar-refractivity contribution >= 4 is 23.1 Å². The Morgan fingerprint density at radius 1 is 1.05 bits per heavy atom. The van der Waals surface area contributed by atoms with Gasteiger partial charge in [0.15, 0.2) is 0 Å². The Labute approximate surface area is 225 Å². The summed E-state index contributed by atoms with van der Waals surface area (Å²) in [6.45, 7) is 11.6. The van der Waals surface area contributed by atoms with Crippen LogP contribution in [0, 0.1) is 0 Å². The number of likely N-dealkylation sites (N-methyl/N-ethyl adjacent to an activating group) is 1. The number of carbonyl (C=O) groups is 1. The quantitative estimate of drug-likeness (QED) is 0.268. The van der Waals surface area contributed by atoms with Gasteiger partial charge in [0.1, 0.15) is 12.4 Å². The predicted octanol–water partition coefficient (Wildman–Crippen LogP) is 6.64. The summed E-state index contributed by atoms with van der Waals surface area (Å²) in [4.78, 5) is 30.5. The van der Waals surface area contributed by atoms with Gasteiger partial charge in [0.2, 0.25) is 5.95 Å². The molecular formula is C29H40N6O3. The lowest BCUT2D eigenvalue weighted by Gasteiger charge is -2.12. The fourth-order valence-electron chi connectivity index (χ4n) is 3.33. The van der Waals surface area contributed by atoms with Crippen LogP contribution < -0.4 is 10.1 Å². The molecule has 0 aliphatic carbocycles. The van der Waals surface area contributed by atoms with Gasteiger partial charge in [-0.1, -0.05) is 40.2 Å². The monoisotopic (exact) mass is 520 g/mol. The molecule has 0 saturated heterocycles. The molecule has 0 unspecified atom stereocenters. The third kappa shape index (κ3) is 8.85. The fraction of sp³-hybridized carbons (Fsp3) is 0.379. The molecule has 4 rings (SSSR count). The molecular weight excluding hydrogens is 480 g/mol. The van der Waals surface area contributed by atoms with Gasteiger partial charge in [-0.05, 0) is 50.8 Å². The van der Waals surface area contributed by atoms with E-state index < -0.39 is 6.09 Å². The van der Waals surface area contributed by atoms with Crippen LogP contribution in [0.4, 0.5) is 10.7 Å². The first kappa shape index (κ1) is 30.2. The van der Waals surface area contributed by atoms with Gasteiger partial charge in [-0.25, -0.2) is 9.78 Å². The molecule has 0 saturated carbocycles. The molecule has 1 amide bonds. The topological polar surface area (TPSA) is 105 Å². The first-order chi connectivity index (χ1) is 18.4. The number of benzene rings is 1. The van der Waals surface area contributed by atoms with Gasteiger partial charge in [0.25, 0.3) is 0 Å². The first-order valence-electron chi connectivity index (χ1n) is 13.1. The predicted molar refractivity (Wildman–Crippen MR) is 155 cm³/mol. The minimum atomic E-state index is -0.569. The number of pyridine rings is 2. The largest absolute Gasteiger partial charge is 0.492 e. The number of hydrogen-bond acceptors (Lipinski definition) is 7. The fourth-order valence-corrected chi connectivity index (χ4v) is 3.33. The number of aromatic nitrogens is 4. The van der Waals surface area contributed by atoms with Gasteiger partial charge >= 0.3 is 6.09 Å². The number of carbonyl (C=O) groups excluding carboxylic acids is 1. The van der Waals surface area contributed by atoms with Crippen LogP contribution in [0.25, 0.3) is 33.4 Å². The number of imidazole rings is 1. The molecule has 0 aliphatic rings. The number of fused-ring (bicyclic) bond motifs is 1. The van der Waals surface area contributed by atoms with Crippen molar-refractivity contribution in [3.63, 3.8) is 0 Å². The molecule has 9 heteroatoms. The van der Waals surface area contributed by atoms with E-state index in [1.807, 2.05) is 64.3 Å². The van der Waals surface area contributed by atoms with E-state index in [1.54, 1.807) is 25.5 Å². The van der Waals surface area contributed by atoms with Crippen LogP contribution in [-0.2, 0) is 4.74 Å². The second kappa shape index (κ2) is 16.0. The second-order valence-corrected chi connectivity index (χ2v) is 8.33. The number of ether oxygens (including phenoxy) is 2. The molecule has 2 N–H and O–H groups in total. The zero-order valence-electron chi connectivity index (χ0n) is 23.5. The van der Waals surface area contributed by atoms with Crippen LogP contribution in [0.5, 0.6) is 5.75 Å². The van der Waals surface area contributed by atoms with E-state index >= 15 is 0 Å². The van der Waals surface area contributed by atoms with E-state index in [9.17, 15) is 4.79 Å². The van der Waals surface area contributed by atoms with E-state index in [-0.39, 0.29) is 6.61 Å². The Morgan fingerprint density at radius 3 is 2.47 bits per heavy atom. The lowest BCUT2D eigenvalue weighted by molar-refractivity contribution is 0.167. The lowest BCUT2D eigenvalue weighted by Crippen LogP contribution is -2.19. The minimum Gasteiger partial charge on any atom is -0.492 e. The normalized spacial score (nSPS) is 10.2. The van der Waals surface area contributed by atoms with Gasteiger partial charge in [0, 0.05) is 42.3 Å². The van der Waals surface area contributed by atoms with Crippen molar-refractivity contribution in [1.29, 1.82) is 0 Å². The molecule has 0 spiro atoms. The highest BCUT2D eigenvalue weighted by Crippen LogP contribution is 2.34. The zero-order valence-corrected chi connectivity index (χ0v) is 23.5. The van der Waals surface area contributed by atoms with Crippen molar-refractivity contribution in [2.24, 2.45) is 0 Å². The summed E-state index contributed by atoms with van der Waals surface area (Å²) in [6, 6.07) is 11.6. The van der Waals surface area contributed by atoms with Crippen LogP contribution in [0.1, 0.15) is 41.0 Å². The number of aromatic amines is 1. The third-order valence-electron chi connectivity index (χ3n) is 4.89. The molecule has 0 radical (unpaired) electrons. The molecule has 0 bridgehead atoms. The molecule has 0 fully saturated rings. The zero-order chi connectivity index (χ0) is 27.9. The summed E-state index contributed by atoms with van der Waals surface area (Å²) in [6.07, 6.45) is 5.93. The van der Waals surface area contributed by atoms with E-state index in [0.717, 1.165) is 34.5 Å². The van der Waals surface area contributed by atoms with Gasteiger partial charge in [-0.15, -0.1) is 0 Å². The highest BCUT2D eigenvalue weighted by Gasteiger charge is 2.16. The average Bonchev–Trinajstić information content (AvgIpc) is 3.32. The standard InChI is InChI=1S/C24H26N6O3.C3H8.C2H6/c1-4-32-24(31)29-23-27-21-13-17(16-6-5-8-25-15-16)12-19(22(21)28-23)20-14-18(7-9-26-20)33-11-10-30(2)3;1-3-2;1-2/h5-9,12-15H,4,10-11H2,1-3H3,(H2,27,28,29,31);3H2,1-2H3;1-2H3. The van der Waals surface area contributed by atoms with Crippen LogP contribution in [0.2, 0.25) is 0 Å². The smallest absolute Gasteiger partial charge is 0.413 e. The van der Waals surface area contributed by atoms with Crippen molar-refractivity contribution in [1.82, 2.24) is 24.8 Å². The van der Waals surface area contributed by atoms with E-state index in [0.29, 0.717) is 23.8 Å². The number of H-pyrrole nitrogens is 1. The Bertz CT molecular complexity index is 1260. The Hall–Kier alpha value is -3.98. The molecule has 4 aromatic rings. The van der Waals surface area contributed by atoms with Crippen molar-refractivity contribution in [2.45, 2.75) is 41.0 Å². The molecule has 204 valence electrons. The summed E-state index contributed by atoms with van der Waals surface area (Å²) >= 11 is 0. The first-order valence-corrected chi connectivity index (χ1v) is 13.1. The summed E-state index contributed by atoms with van der Waals surface area (Å²) in [5.74, 6) is 1.02. The van der Waals surface area contributed by atoms with E-state index in [4.69, 9.17) is 9.47 Å². The maximum absolute atomic E-state index is 11.9. The molecule has 3 aromatic heterocycles. The van der Waals surface area contributed by atoms with E-state index in [2.05, 4.69) is 44.0 Å². The summed E-state index contributed by atoms with van der Waals surface area (Å²) in [5, 5.41) is 2.63. The summed E-state index contributed by atoms with van der Waals surface area (Å²) < 4.78 is 10.9. The number of amides is 1. The molecule has 0 aliphatic heterocycles. The lowest BCUT2D eigenvalue weighted by atomic mass is 10.0. The maximum atomic E-state index is 11.9. The molecule has 0 atom stereocenters. The summed E-state index contributed by atoms with van der Waals surface area (Å²) in [5.41, 5.74) is 4.83. The SMILES string of the molecule is CC.CCC.CCOC(=O)Nc1nc2c(-c3cc(OCCN(C)C)ccn3)cc(-c3cccnc3)cc2[nH]1. The Morgan fingerprint density at radius 2 is 1.82 bits per heavy atom. The number of hydrogen-bond donors (Lipinski definition) is 2. The van der Waals surface area contributed by atoms with Crippen molar-refractivity contribution in [3.05, 3.63) is 55.0 Å². The van der Waals surface area contributed by atoms with Crippen LogP contribution in [0.15, 0.2) is 55.0 Å². The van der Waals surface area contributed by atoms with Crippen molar-refractivity contribution in [2.75, 3.05) is 39.2 Å². The number of rotatable bonds is 8. The third-order valence-corrected chi connectivity index (χ3v) is 4.89. The Balaban J connectivity index is 0.000000947. The van der Waals surface area contributed by atoms with Gasteiger partial charge in [-0.2, -0.15) is 0 Å². The van der Waals surface area contributed by atoms with E-state index in [1.165, 1.54) is 6.42 Å². The maximum Gasteiger partial charge on any atom is 0.413 e. The van der Waals surface area contributed by atoms with Gasteiger partial charge in [-0.3, -0.25) is 15.3 Å². The number of anilines is 1. The Kier molecular flexibility index (Phi) is 12.7. The van der Waals surface area contributed by atoms with Gasteiger partial charge in [0.05, 0.1) is 23.3 Å². The molecule has 9 nitrogen and oxygen atoms in total. The molecule has 3 heterocycles. The van der Waals surface area contributed by atoms with Crippen molar-refractivity contribution in [3.8, 4) is 28.1 Å². The number of nitrogens with zero attached hydrogens (tertiary/aromatic N) is 4. The van der Waals surface area contributed by atoms with Crippen LogP contribution >= 0.6 is 0 Å². The second-order valence-electron chi connectivity index (χ2n) is 8.33. The average molecular weight is 521 g/mol. The van der Waals surface area contributed by atoms with Crippen LogP contribution in [-0.4, -0.2) is 64.8 Å². The highest BCUT2D eigenvalue weighted by molar-refractivity contribution is 5.97. The van der Waals surface area contributed by atoms with Crippen LogP contribution in [0.3, 0.4) is 0 Å². The number of nitrogens with one attached hydrogen (secondary N) is 2. The van der Waals surface area contributed by atoms with Gasteiger partial charge < -0.3 is 19.4 Å². The molecule has 1 aromatic carbocycles. The summed E-state index contributed by atoms with van der Waals surface area (Å²) in [7, 11) is 4.00.